The molecule has 0 fully saturated rings. The van der Waals surface area contributed by atoms with Gasteiger partial charge in [-0.1, -0.05) is 36.4 Å². The molecule has 0 radical (unpaired) electrons. The first kappa shape index (κ1) is 21.7. The summed E-state index contributed by atoms with van der Waals surface area (Å²) >= 11 is 0. The smallest absolute Gasteiger partial charge is 0.410 e. The molecule has 0 bridgehead atoms. The molecule has 0 aliphatic carbocycles. The monoisotopic (exact) mass is 410 g/mol. The quantitative estimate of drug-likeness (QED) is 0.771. The highest BCUT2D eigenvalue weighted by Gasteiger charge is 2.27. The summed E-state index contributed by atoms with van der Waals surface area (Å²) in [5.41, 5.74) is 2.13. The maximum absolute atomic E-state index is 12.9. The van der Waals surface area contributed by atoms with Crippen molar-refractivity contribution >= 4 is 17.7 Å². The van der Waals surface area contributed by atoms with Crippen LogP contribution in [0, 0.1) is 0 Å². The minimum Gasteiger partial charge on any atom is -0.479 e. The molecule has 3 rings (SSSR count). The third kappa shape index (κ3) is 5.53. The van der Waals surface area contributed by atoms with Crippen molar-refractivity contribution in [2.75, 3.05) is 5.32 Å². The molecule has 2 aromatic rings. The van der Waals surface area contributed by atoms with Crippen molar-refractivity contribution in [1.29, 1.82) is 0 Å². The number of ether oxygens (including phenoxy) is 2. The Labute approximate surface area is 178 Å². The Balaban J connectivity index is 1.79. The number of rotatable bonds is 5. The Morgan fingerprint density at radius 1 is 1.17 bits per heavy atom. The fraction of sp³-hybridized carbons (Fsp3) is 0.417. The summed E-state index contributed by atoms with van der Waals surface area (Å²) in [7, 11) is 0. The molecule has 0 saturated carbocycles. The van der Waals surface area contributed by atoms with Crippen molar-refractivity contribution in [2.45, 2.75) is 65.3 Å². The van der Waals surface area contributed by atoms with Crippen LogP contribution in [0.2, 0.25) is 0 Å². The largest absolute Gasteiger partial charge is 0.479 e. The highest BCUT2D eigenvalue weighted by atomic mass is 16.6. The van der Waals surface area contributed by atoms with Crippen LogP contribution >= 0.6 is 0 Å². The van der Waals surface area contributed by atoms with Crippen molar-refractivity contribution in [3.63, 3.8) is 0 Å². The summed E-state index contributed by atoms with van der Waals surface area (Å²) in [5, 5.41) is 2.88. The zero-order valence-corrected chi connectivity index (χ0v) is 18.3. The summed E-state index contributed by atoms with van der Waals surface area (Å²) in [6.07, 6.45) is -0.233. The second kappa shape index (κ2) is 8.78. The van der Waals surface area contributed by atoms with Crippen LogP contribution in [0.1, 0.15) is 45.7 Å². The van der Waals surface area contributed by atoms with Crippen LogP contribution in [-0.2, 0) is 22.5 Å². The van der Waals surface area contributed by atoms with Crippen LogP contribution in [0.25, 0.3) is 0 Å². The average molecular weight is 411 g/mol. The van der Waals surface area contributed by atoms with Gasteiger partial charge in [-0.3, -0.25) is 4.79 Å². The lowest BCUT2D eigenvalue weighted by atomic mass is 10.0. The summed E-state index contributed by atoms with van der Waals surface area (Å²) in [4.78, 5) is 26.6. The Morgan fingerprint density at radius 2 is 1.87 bits per heavy atom. The second-order valence-corrected chi connectivity index (χ2v) is 8.73. The molecule has 1 aliphatic heterocycles. The molecule has 2 amide bonds. The number of hydrogen-bond acceptors (Lipinski definition) is 4. The van der Waals surface area contributed by atoms with Crippen LogP contribution < -0.4 is 10.1 Å². The number of carbonyl (C=O) groups excluding carboxylic acids is 2. The van der Waals surface area contributed by atoms with Crippen LogP contribution in [0.5, 0.6) is 5.75 Å². The predicted molar refractivity (Wildman–Crippen MR) is 117 cm³/mol. The maximum Gasteiger partial charge on any atom is 0.410 e. The van der Waals surface area contributed by atoms with E-state index in [1.54, 1.807) is 11.8 Å². The van der Waals surface area contributed by atoms with E-state index in [0.717, 1.165) is 11.1 Å². The third-order valence-corrected chi connectivity index (χ3v) is 4.86. The third-order valence-electron chi connectivity index (χ3n) is 4.86. The van der Waals surface area contributed by atoms with Gasteiger partial charge in [0.15, 0.2) is 6.10 Å². The summed E-state index contributed by atoms with van der Waals surface area (Å²) < 4.78 is 11.3. The standard InChI is InChI=1S/C24H30N2O4/c1-16(13-19-11-12-21-20(14-19)25-22(27)17(2)29-21)26(23(28)30-24(3,4)5)15-18-9-7-6-8-10-18/h6-12,14,16-17H,13,15H2,1-5H3,(H,25,27). The predicted octanol–water partition coefficient (Wildman–Crippen LogP) is 4.77. The molecule has 2 unspecified atom stereocenters. The summed E-state index contributed by atoms with van der Waals surface area (Å²) in [6, 6.07) is 15.5. The SMILES string of the molecule is CC1Oc2ccc(CC(C)N(Cc3ccccc3)C(=O)OC(C)(C)C)cc2NC1=O. The van der Waals surface area contributed by atoms with Gasteiger partial charge in [-0.25, -0.2) is 4.79 Å². The number of carbonyl (C=O) groups is 2. The fourth-order valence-electron chi connectivity index (χ4n) is 3.34. The van der Waals surface area contributed by atoms with E-state index in [0.29, 0.717) is 24.4 Å². The van der Waals surface area contributed by atoms with Gasteiger partial charge in [-0.15, -0.1) is 0 Å². The molecule has 0 spiro atoms. The van der Waals surface area contributed by atoms with Gasteiger partial charge in [0.05, 0.1) is 5.69 Å². The Morgan fingerprint density at radius 3 is 2.53 bits per heavy atom. The average Bonchev–Trinajstić information content (AvgIpc) is 2.66. The number of hydrogen-bond donors (Lipinski definition) is 1. The van der Waals surface area contributed by atoms with E-state index in [4.69, 9.17) is 9.47 Å². The van der Waals surface area contributed by atoms with Crippen LogP contribution in [-0.4, -0.2) is 34.6 Å². The van der Waals surface area contributed by atoms with E-state index in [1.807, 2.05) is 76.2 Å². The molecular formula is C24H30N2O4. The fourth-order valence-corrected chi connectivity index (χ4v) is 3.34. The number of nitrogens with zero attached hydrogens (tertiary/aromatic N) is 1. The van der Waals surface area contributed by atoms with Gasteiger partial charge in [-0.05, 0) is 64.3 Å². The zero-order valence-electron chi connectivity index (χ0n) is 18.3. The number of nitrogens with one attached hydrogen (secondary N) is 1. The number of benzene rings is 2. The molecule has 30 heavy (non-hydrogen) atoms. The van der Waals surface area contributed by atoms with E-state index in [1.165, 1.54) is 0 Å². The lowest BCUT2D eigenvalue weighted by molar-refractivity contribution is -0.122. The molecule has 1 heterocycles. The Kier molecular flexibility index (Phi) is 6.34. The summed E-state index contributed by atoms with van der Waals surface area (Å²) in [6.45, 7) is 9.77. The van der Waals surface area contributed by atoms with Gasteiger partial charge in [0.2, 0.25) is 0 Å². The van der Waals surface area contributed by atoms with E-state index in [9.17, 15) is 9.59 Å². The van der Waals surface area contributed by atoms with Crippen molar-refractivity contribution in [3.05, 3.63) is 59.7 Å². The second-order valence-electron chi connectivity index (χ2n) is 8.73. The lowest BCUT2D eigenvalue weighted by Crippen LogP contribution is -2.42. The van der Waals surface area contributed by atoms with Gasteiger partial charge in [0, 0.05) is 12.6 Å². The molecular weight excluding hydrogens is 380 g/mol. The Bertz CT molecular complexity index is 905. The summed E-state index contributed by atoms with van der Waals surface area (Å²) in [5.74, 6) is 0.499. The van der Waals surface area contributed by atoms with E-state index in [2.05, 4.69) is 5.32 Å². The molecule has 160 valence electrons. The van der Waals surface area contributed by atoms with Crippen molar-refractivity contribution < 1.29 is 19.1 Å². The molecule has 1 aliphatic rings. The molecule has 0 aromatic heterocycles. The molecule has 1 N–H and O–H groups in total. The normalized spacial score (nSPS) is 16.7. The number of amides is 2. The highest BCUT2D eigenvalue weighted by molar-refractivity contribution is 5.97. The lowest BCUT2D eigenvalue weighted by Gasteiger charge is -2.32. The van der Waals surface area contributed by atoms with Gasteiger partial charge < -0.3 is 19.7 Å². The first-order chi connectivity index (χ1) is 14.1. The topological polar surface area (TPSA) is 67.9 Å². The van der Waals surface area contributed by atoms with Crippen molar-refractivity contribution in [1.82, 2.24) is 4.90 Å². The zero-order chi connectivity index (χ0) is 21.9. The van der Waals surface area contributed by atoms with Crippen LogP contribution in [0.15, 0.2) is 48.5 Å². The molecule has 6 heteroatoms. The first-order valence-electron chi connectivity index (χ1n) is 10.3. The molecule has 2 aromatic carbocycles. The van der Waals surface area contributed by atoms with Crippen molar-refractivity contribution in [3.8, 4) is 5.75 Å². The van der Waals surface area contributed by atoms with Crippen LogP contribution in [0.4, 0.5) is 10.5 Å². The van der Waals surface area contributed by atoms with Crippen molar-refractivity contribution in [2.24, 2.45) is 0 Å². The van der Waals surface area contributed by atoms with Gasteiger partial charge in [-0.2, -0.15) is 0 Å². The van der Waals surface area contributed by atoms with Gasteiger partial charge in [0.25, 0.3) is 5.91 Å². The van der Waals surface area contributed by atoms with Crippen LogP contribution in [0.3, 0.4) is 0 Å². The van der Waals surface area contributed by atoms with Gasteiger partial charge >= 0.3 is 6.09 Å². The number of anilines is 1. The first-order valence-corrected chi connectivity index (χ1v) is 10.3. The van der Waals surface area contributed by atoms with E-state index < -0.39 is 11.7 Å². The molecule has 6 nitrogen and oxygen atoms in total. The van der Waals surface area contributed by atoms with Gasteiger partial charge in [0.1, 0.15) is 11.4 Å². The maximum atomic E-state index is 12.9. The van der Waals surface area contributed by atoms with E-state index in [-0.39, 0.29) is 18.0 Å². The van der Waals surface area contributed by atoms with E-state index >= 15 is 0 Å². The minimum absolute atomic E-state index is 0.114. The minimum atomic E-state index is -0.574. The molecule has 2 atom stereocenters. The highest BCUT2D eigenvalue weighted by Crippen LogP contribution is 2.31. The molecule has 0 saturated heterocycles. The number of fused-ring (bicyclic) bond motifs is 1. The Hall–Kier alpha value is -3.02.